The first-order valence-corrected chi connectivity index (χ1v) is 17.1. The highest BCUT2D eigenvalue weighted by Crippen LogP contribution is 2.51. The van der Waals surface area contributed by atoms with E-state index in [1.54, 1.807) is 4.90 Å². The molecule has 11 heteroatoms. The number of nitrogens with zero attached hydrogens (tertiary/aromatic N) is 6. The number of ether oxygens (including phenoxy) is 1. The van der Waals surface area contributed by atoms with E-state index in [9.17, 15) is 13.6 Å². The first-order chi connectivity index (χ1) is 22.2. The number of amides is 1. The average Bonchev–Trinajstić information content (AvgIpc) is 3.58. The minimum Gasteiger partial charge on any atom is -0.462 e. The summed E-state index contributed by atoms with van der Waals surface area (Å²) in [5.74, 6) is -3.41. The van der Waals surface area contributed by atoms with E-state index in [4.69, 9.17) is 26.3 Å². The van der Waals surface area contributed by atoms with Crippen LogP contribution in [0.15, 0.2) is 36.4 Å². The maximum absolute atomic E-state index is 13.7. The minimum absolute atomic E-state index is 0.109. The molecule has 1 aromatic heterocycles. The molecule has 3 saturated heterocycles. The van der Waals surface area contributed by atoms with E-state index < -0.39 is 11.8 Å². The number of aromatic nitrogens is 2. The Morgan fingerprint density at radius 1 is 1.02 bits per heavy atom. The summed E-state index contributed by atoms with van der Waals surface area (Å²) in [5, 5.41) is 2.89. The van der Waals surface area contributed by atoms with Gasteiger partial charge >= 0.3 is 6.01 Å². The van der Waals surface area contributed by atoms with E-state index in [0.29, 0.717) is 38.3 Å². The summed E-state index contributed by atoms with van der Waals surface area (Å²) >= 11 is 6.73. The van der Waals surface area contributed by atoms with Crippen molar-refractivity contribution in [2.24, 2.45) is 11.3 Å². The van der Waals surface area contributed by atoms with Crippen LogP contribution < -0.4 is 14.5 Å². The van der Waals surface area contributed by atoms with Crippen LogP contribution in [0.5, 0.6) is 6.01 Å². The molecule has 0 radical (unpaired) electrons. The molecule has 3 aromatic rings. The number of halogens is 3. The quantitative estimate of drug-likeness (QED) is 0.335. The van der Waals surface area contributed by atoms with Crippen LogP contribution >= 0.6 is 11.6 Å². The Balaban J connectivity index is 1.09. The highest BCUT2D eigenvalue weighted by atomic mass is 35.5. The topological polar surface area (TPSA) is 65.0 Å². The van der Waals surface area contributed by atoms with Gasteiger partial charge in [-0.1, -0.05) is 42.3 Å². The summed E-state index contributed by atoms with van der Waals surface area (Å²) in [4.78, 5) is 31.6. The Morgan fingerprint density at radius 3 is 2.59 bits per heavy atom. The molecule has 2 atom stereocenters. The number of rotatable bonds is 6. The molecule has 1 spiro atoms. The number of fused-ring (bicyclic) bond motifs is 2. The van der Waals surface area contributed by atoms with Crippen molar-refractivity contribution in [3.05, 3.63) is 52.7 Å². The fraction of sp³-hybridized carbons (Fsp3) is 0.571. The molecule has 1 aliphatic carbocycles. The van der Waals surface area contributed by atoms with Crippen LogP contribution in [-0.4, -0.2) is 90.6 Å². The summed E-state index contributed by atoms with van der Waals surface area (Å²) in [7, 11) is 2.14. The van der Waals surface area contributed by atoms with Gasteiger partial charge in [0.25, 0.3) is 5.92 Å². The van der Waals surface area contributed by atoms with Crippen molar-refractivity contribution >= 4 is 39.8 Å². The molecule has 0 N–H and O–H groups in total. The van der Waals surface area contributed by atoms with Gasteiger partial charge < -0.3 is 24.3 Å². The molecule has 2 unspecified atom stereocenters. The lowest BCUT2D eigenvalue weighted by Crippen LogP contribution is -2.62. The van der Waals surface area contributed by atoms with Gasteiger partial charge in [0.2, 0.25) is 5.91 Å². The number of benzene rings is 2. The molecule has 244 valence electrons. The smallest absolute Gasteiger partial charge is 0.318 e. The zero-order valence-corrected chi connectivity index (χ0v) is 27.1. The van der Waals surface area contributed by atoms with Gasteiger partial charge in [-0.2, -0.15) is 9.97 Å². The average molecular weight is 651 g/mol. The summed E-state index contributed by atoms with van der Waals surface area (Å²) in [6.45, 7) is 5.71. The lowest BCUT2D eigenvalue weighted by Gasteiger charge is -2.51. The highest BCUT2D eigenvalue weighted by molar-refractivity contribution is 6.36. The lowest BCUT2D eigenvalue weighted by molar-refractivity contribution is -0.147. The van der Waals surface area contributed by atoms with Crippen molar-refractivity contribution in [3.63, 3.8) is 0 Å². The monoisotopic (exact) mass is 650 g/mol. The Morgan fingerprint density at radius 2 is 1.83 bits per heavy atom. The van der Waals surface area contributed by atoms with Crippen molar-refractivity contribution in [3.8, 4) is 6.01 Å². The van der Waals surface area contributed by atoms with Gasteiger partial charge in [-0.25, -0.2) is 8.78 Å². The van der Waals surface area contributed by atoms with Gasteiger partial charge in [-0.15, -0.1) is 0 Å². The van der Waals surface area contributed by atoms with E-state index >= 15 is 0 Å². The van der Waals surface area contributed by atoms with Crippen LogP contribution in [0.1, 0.15) is 49.8 Å². The molecule has 4 fully saturated rings. The zero-order valence-electron chi connectivity index (χ0n) is 26.4. The van der Waals surface area contributed by atoms with Gasteiger partial charge in [0.1, 0.15) is 18.3 Å². The van der Waals surface area contributed by atoms with E-state index in [0.717, 1.165) is 103 Å². The summed E-state index contributed by atoms with van der Waals surface area (Å²) in [6, 6.07) is 13.1. The van der Waals surface area contributed by atoms with E-state index in [1.807, 2.05) is 12.1 Å². The number of hydrogen-bond acceptors (Lipinski definition) is 7. The van der Waals surface area contributed by atoms with Crippen LogP contribution in [0.25, 0.3) is 10.8 Å². The number of likely N-dealkylation sites (N-methyl/N-ethyl adjacent to an activating group) is 1. The summed E-state index contributed by atoms with van der Waals surface area (Å²) in [5.41, 5.74) is 3.10. The molecule has 5 aliphatic rings. The number of carbonyl (C=O) groups excluding carboxylic acids is 1. The van der Waals surface area contributed by atoms with E-state index in [1.165, 1.54) is 0 Å². The Bertz CT molecular complexity index is 1660. The maximum Gasteiger partial charge on any atom is 0.318 e. The van der Waals surface area contributed by atoms with Gasteiger partial charge in [-0.3, -0.25) is 4.79 Å². The maximum atomic E-state index is 13.7. The summed E-state index contributed by atoms with van der Waals surface area (Å²) < 4.78 is 33.7. The van der Waals surface area contributed by atoms with Crippen molar-refractivity contribution in [1.82, 2.24) is 19.8 Å². The third-order valence-electron chi connectivity index (χ3n) is 11.0. The van der Waals surface area contributed by atoms with Crippen molar-refractivity contribution in [2.45, 2.75) is 63.5 Å². The first-order valence-electron chi connectivity index (χ1n) is 16.8. The molecule has 4 aliphatic heterocycles. The lowest BCUT2D eigenvalue weighted by atomic mass is 9.75. The number of carbonyl (C=O) groups is 1. The van der Waals surface area contributed by atoms with E-state index in [2.05, 4.69) is 46.0 Å². The predicted molar refractivity (Wildman–Crippen MR) is 175 cm³/mol. The third-order valence-corrected chi connectivity index (χ3v) is 11.3. The second-order valence-corrected chi connectivity index (χ2v) is 14.6. The van der Waals surface area contributed by atoms with Crippen LogP contribution in [-0.2, 0) is 17.8 Å². The van der Waals surface area contributed by atoms with Gasteiger partial charge in [0.05, 0.1) is 17.3 Å². The molecule has 2 aromatic carbocycles. The van der Waals surface area contributed by atoms with Crippen molar-refractivity contribution in [1.29, 1.82) is 0 Å². The van der Waals surface area contributed by atoms with Crippen molar-refractivity contribution in [2.75, 3.05) is 62.7 Å². The fourth-order valence-corrected chi connectivity index (χ4v) is 8.52. The van der Waals surface area contributed by atoms with E-state index in [-0.39, 0.29) is 17.7 Å². The highest BCUT2D eigenvalue weighted by Gasteiger charge is 2.64. The standard InChI is InChI=1S/C35H41ClF2N6O2/c1-41-14-6-9-24(41)19-46-33-39-28-18-42(29-11-5-8-23-7-4-10-27(36)30(23)29)16-12-25(28)31(40-33)43-15-3-2-13-34(20-43)21-44(22-34)32(45)26-17-35(26,37)38/h4-5,7-8,10-11,24,26H,2-3,6,9,12-22H2,1H3. The first kappa shape index (κ1) is 30.1. The predicted octanol–water partition coefficient (Wildman–Crippen LogP) is 5.79. The van der Waals surface area contributed by atoms with Gasteiger partial charge in [0.15, 0.2) is 0 Å². The second kappa shape index (κ2) is 11.5. The molecule has 8 rings (SSSR count). The van der Waals surface area contributed by atoms with Gasteiger partial charge in [-0.05, 0) is 63.2 Å². The number of anilines is 2. The van der Waals surface area contributed by atoms with Crippen LogP contribution in [0.3, 0.4) is 0 Å². The Labute approximate surface area is 273 Å². The normalized spacial score (nSPS) is 25.3. The number of hydrogen-bond donors (Lipinski definition) is 0. The minimum atomic E-state index is -2.83. The molecule has 46 heavy (non-hydrogen) atoms. The Kier molecular flexibility index (Phi) is 7.51. The molecule has 1 amide bonds. The molecular weight excluding hydrogens is 610 g/mol. The van der Waals surface area contributed by atoms with Crippen LogP contribution in [0.4, 0.5) is 20.3 Å². The third kappa shape index (κ3) is 5.45. The van der Waals surface area contributed by atoms with Gasteiger partial charge in [0, 0.05) is 67.2 Å². The fourth-order valence-electron chi connectivity index (χ4n) is 8.25. The molecule has 1 saturated carbocycles. The molecule has 5 heterocycles. The van der Waals surface area contributed by atoms with Crippen LogP contribution in [0.2, 0.25) is 5.02 Å². The van der Waals surface area contributed by atoms with Crippen LogP contribution in [0, 0.1) is 11.3 Å². The number of likely N-dealkylation sites (tertiary alicyclic amines) is 2. The van der Waals surface area contributed by atoms with Crippen molar-refractivity contribution < 1.29 is 18.3 Å². The molecule has 0 bridgehead atoms. The molecular formula is C35H41ClF2N6O2. The second-order valence-electron chi connectivity index (χ2n) is 14.2. The Hall–Kier alpha value is -3.24. The number of alkyl halides is 2. The zero-order chi connectivity index (χ0) is 31.6. The SMILES string of the molecule is CN1CCCC1COc1nc2c(c(N3CCCCC4(CN(C(=O)C5CC5(F)F)C4)C3)n1)CCN(c1cccc3cccc(Cl)c13)C2. The summed E-state index contributed by atoms with van der Waals surface area (Å²) in [6.07, 6.45) is 5.77. The molecule has 8 nitrogen and oxygen atoms in total. The largest absolute Gasteiger partial charge is 0.462 e.